The van der Waals surface area contributed by atoms with Gasteiger partial charge in [0.1, 0.15) is 12.4 Å². The summed E-state index contributed by atoms with van der Waals surface area (Å²) in [5.74, 6) is 2.24. The fraction of sp³-hybridized carbons (Fsp3) is 0.273. The van der Waals surface area contributed by atoms with Gasteiger partial charge in [0.15, 0.2) is 11.5 Å². The van der Waals surface area contributed by atoms with Crippen molar-refractivity contribution in [1.29, 1.82) is 0 Å². The fourth-order valence-corrected chi connectivity index (χ4v) is 4.09. The predicted octanol–water partition coefficient (Wildman–Crippen LogP) is 4.79. The zero-order valence-corrected chi connectivity index (χ0v) is 14.8. The van der Waals surface area contributed by atoms with Crippen LogP contribution in [0.15, 0.2) is 61.2 Å². The molecule has 0 aromatic heterocycles. The van der Waals surface area contributed by atoms with Crippen molar-refractivity contribution in [3.05, 3.63) is 72.3 Å². The molecule has 0 saturated heterocycles. The number of aromatic hydroxyl groups is 1. The number of hydrogen-bond donors (Lipinski definition) is 2. The summed E-state index contributed by atoms with van der Waals surface area (Å²) in [6.07, 6.45) is 7.30. The van der Waals surface area contributed by atoms with Crippen molar-refractivity contribution in [2.45, 2.75) is 18.4 Å². The molecule has 3 unspecified atom stereocenters. The second-order valence-electron chi connectivity index (χ2n) is 6.73. The first-order valence-electron chi connectivity index (χ1n) is 8.89. The number of phenolic OH excluding ortho intramolecular Hbond substituents is 1. The molecule has 134 valence electrons. The molecule has 0 saturated carbocycles. The Balaban J connectivity index is 1.75. The highest BCUT2D eigenvalue weighted by atomic mass is 16.5. The lowest BCUT2D eigenvalue weighted by Crippen LogP contribution is -2.29. The third-order valence-electron chi connectivity index (χ3n) is 5.28. The molecular weight excluding hydrogens is 326 g/mol. The molecule has 2 aromatic rings. The Morgan fingerprint density at radius 2 is 2.15 bits per heavy atom. The van der Waals surface area contributed by atoms with Gasteiger partial charge in [0.25, 0.3) is 0 Å². The molecule has 0 spiro atoms. The zero-order chi connectivity index (χ0) is 18.1. The number of para-hydroxylation sites is 1. The number of anilines is 1. The number of hydrogen-bond acceptors (Lipinski definition) is 4. The molecular formula is C22H23NO3. The van der Waals surface area contributed by atoms with E-state index in [1.165, 1.54) is 5.56 Å². The van der Waals surface area contributed by atoms with Gasteiger partial charge in [-0.05, 0) is 41.7 Å². The van der Waals surface area contributed by atoms with Crippen LogP contribution < -0.4 is 14.8 Å². The minimum atomic E-state index is 0.0905. The smallest absolute Gasteiger partial charge is 0.160 e. The lowest BCUT2D eigenvalue weighted by atomic mass is 9.77. The summed E-state index contributed by atoms with van der Waals surface area (Å²) in [6.45, 7) is 4.20. The molecule has 0 radical (unpaired) electrons. The van der Waals surface area contributed by atoms with E-state index < -0.39 is 0 Å². The average Bonchev–Trinajstić information content (AvgIpc) is 3.15. The van der Waals surface area contributed by atoms with E-state index in [-0.39, 0.29) is 11.8 Å². The standard InChI is InChI=1S/C22H23NO3/c1-3-12-26-20-9-5-8-17-15-6-4-7-16(15)21(23-22(17)20)14-10-11-19(25-2)18(24)13-14/h3-6,8-11,13,15-16,21,23-24H,1,7,12H2,2H3. The van der Waals surface area contributed by atoms with Crippen molar-refractivity contribution in [2.24, 2.45) is 5.92 Å². The Morgan fingerprint density at radius 3 is 2.92 bits per heavy atom. The number of fused-ring (bicyclic) bond motifs is 3. The fourth-order valence-electron chi connectivity index (χ4n) is 4.09. The molecule has 3 atom stereocenters. The Hall–Kier alpha value is -2.88. The van der Waals surface area contributed by atoms with Crippen LogP contribution in [0, 0.1) is 5.92 Å². The Labute approximate surface area is 153 Å². The van der Waals surface area contributed by atoms with E-state index >= 15 is 0 Å². The van der Waals surface area contributed by atoms with Crippen molar-refractivity contribution in [2.75, 3.05) is 19.0 Å². The molecule has 26 heavy (non-hydrogen) atoms. The van der Waals surface area contributed by atoms with Gasteiger partial charge in [-0.15, -0.1) is 0 Å². The largest absolute Gasteiger partial charge is 0.504 e. The van der Waals surface area contributed by atoms with Crippen LogP contribution in [0.1, 0.15) is 29.5 Å². The van der Waals surface area contributed by atoms with Crippen LogP contribution in [0.5, 0.6) is 17.2 Å². The van der Waals surface area contributed by atoms with E-state index in [0.29, 0.717) is 24.2 Å². The van der Waals surface area contributed by atoms with Gasteiger partial charge >= 0.3 is 0 Å². The first-order chi connectivity index (χ1) is 12.7. The van der Waals surface area contributed by atoms with E-state index in [4.69, 9.17) is 9.47 Å². The third-order valence-corrected chi connectivity index (χ3v) is 5.28. The summed E-state index contributed by atoms with van der Waals surface area (Å²) >= 11 is 0. The van der Waals surface area contributed by atoms with Crippen molar-refractivity contribution < 1.29 is 14.6 Å². The normalized spacial score (nSPS) is 22.9. The molecule has 0 amide bonds. The van der Waals surface area contributed by atoms with Crippen LogP contribution in [-0.4, -0.2) is 18.8 Å². The lowest BCUT2D eigenvalue weighted by molar-refractivity contribution is 0.357. The van der Waals surface area contributed by atoms with E-state index in [1.807, 2.05) is 24.3 Å². The highest BCUT2D eigenvalue weighted by molar-refractivity contribution is 5.68. The minimum absolute atomic E-state index is 0.0905. The number of allylic oxidation sites excluding steroid dienone is 2. The van der Waals surface area contributed by atoms with Crippen LogP contribution >= 0.6 is 0 Å². The van der Waals surface area contributed by atoms with E-state index in [9.17, 15) is 5.11 Å². The van der Waals surface area contributed by atoms with Crippen LogP contribution in [0.25, 0.3) is 0 Å². The van der Waals surface area contributed by atoms with Gasteiger partial charge in [0, 0.05) is 5.92 Å². The van der Waals surface area contributed by atoms with E-state index in [2.05, 4.69) is 30.1 Å². The summed E-state index contributed by atoms with van der Waals surface area (Å²) < 4.78 is 11.1. The summed E-state index contributed by atoms with van der Waals surface area (Å²) in [5.41, 5.74) is 3.34. The Kier molecular flexibility index (Phi) is 4.33. The molecule has 1 aliphatic heterocycles. The van der Waals surface area contributed by atoms with Gasteiger partial charge in [-0.2, -0.15) is 0 Å². The summed E-state index contributed by atoms with van der Waals surface area (Å²) in [5, 5.41) is 13.9. The molecule has 4 nitrogen and oxygen atoms in total. The molecule has 4 heteroatoms. The van der Waals surface area contributed by atoms with Gasteiger partial charge in [-0.3, -0.25) is 0 Å². The molecule has 2 aliphatic rings. The van der Waals surface area contributed by atoms with Crippen molar-refractivity contribution in [3.8, 4) is 17.2 Å². The Morgan fingerprint density at radius 1 is 1.27 bits per heavy atom. The van der Waals surface area contributed by atoms with Gasteiger partial charge in [-0.25, -0.2) is 0 Å². The monoisotopic (exact) mass is 349 g/mol. The lowest BCUT2D eigenvalue weighted by Gasteiger charge is -2.38. The zero-order valence-electron chi connectivity index (χ0n) is 14.8. The van der Waals surface area contributed by atoms with Crippen LogP contribution in [-0.2, 0) is 0 Å². The molecule has 2 N–H and O–H groups in total. The second-order valence-corrected chi connectivity index (χ2v) is 6.73. The Bertz CT molecular complexity index is 858. The molecule has 0 fully saturated rings. The summed E-state index contributed by atoms with van der Waals surface area (Å²) in [4.78, 5) is 0. The van der Waals surface area contributed by atoms with Crippen LogP contribution in [0.4, 0.5) is 5.69 Å². The SMILES string of the molecule is C=CCOc1cccc2c1NC(c1ccc(OC)c(O)c1)C1CC=CC21. The average molecular weight is 349 g/mol. The second kappa shape index (κ2) is 6.79. The highest BCUT2D eigenvalue weighted by Gasteiger charge is 2.39. The minimum Gasteiger partial charge on any atom is -0.504 e. The summed E-state index contributed by atoms with van der Waals surface area (Å²) in [7, 11) is 1.56. The van der Waals surface area contributed by atoms with E-state index in [0.717, 1.165) is 23.4 Å². The highest BCUT2D eigenvalue weighted by Crippen LogP contribution is 2.52. The molecule has 1 aliphatic carbocycles. The number of methoxy groups -OCH3 is 1. The molecule has 1 heterocycles. The number of ether oxygens (including phenoxy) is 2. The number of nitrogens with one attached hydrogen (secondary N) is 1. The van der Waals surface area contributed by atoms with Gasteiger partial charge in [-0.1, -0.05) is 43.0 Å². The van der Waals surface area contributed by atoms with Gasteiger partial charge < -0.3 is 19.9 Å². The molecule has 0 bridgehead atoms. The first kappa shape index (κ1) is 16.6. The van der Waals surface area contributed by atoms with Gasteiger partial charge in [0.05, 0.1) is 18.8 Å². The number of rotatable bonds is 5. The first-order valence-corrected chi connectivity index (χ1v) is 8.89. The quantitative estimate of drug-likeness (QED) is 0.762. The number of benzene rings is 2. The van der Waals surface area contributed by atoms with E-state index in [1.54, 1.807) is 19.3 Å². The maximum Gasteiger partial charge on any atom is 0.160 e. The van der Waals surface area contributed by atoms with Crippen LogP contribution in [0.2, 0.25) is 0 Å². The molecule has 2 aromatic carbocycles. The molecule has 4 rings (SSSR count). The topological polar surface area (TPSA) is 50.7 Å². The maximum absolute atomic E-state index is 10.2. The van der Waals surface area contributed by atoms with Crippen molar-refractivity contribution in [1.82, 2.24) is 0 Å². The summed E-state index contributed by atoms with van der Waals surface area (Å²) in [6, 6.07) is 11.9. The predicted molar refractivity (Wildman–Crippen MR) is 103 cm³/mol. The number of phenols is 1. The van der Waals surface area contributed by atoms with Crippen molar-refractivity contribution >= 4 is 5.69 Å². The maximum atomic E-state index is 10.2. The van der Waals surface area contributed by atoms with Crippen LogP contribution in [0.3, 0.4) is 0 Å². The van der Waals surface area contributed by atoms with Gasteiger partial charge in [0.2, 0.25) is 0 Å². The van der Waals surface area contributed by atoms with Crippen molar-refractivity contribution in [3.63, 3.8) is 0 Å². The third kappa shape index (κ3) is 2.71.